The third kappa shape index (κ3) is 3.85. The minimum absolute atomic E-state index is 0.282. The van der Waals surface area contributed by atoms with E-state index in [0.29, 0.717) is 16.4 Å². The second-order valence-electron chi connectivity index (χ2n) is 4.64. The zero-order chi connectivity index (χ0) is 16.2. The van der Waals surface area contributed by atoms with E-state index in [0.717, 1.165) is 10.1 Å². The highest BCUT2D eigenvalue weighted by Crippen LogP contribution is 2.26. The monoisotopic (exact) mass is 352 g/mol. The maximum atomic E-state index is 13.2. The molecule has 0 saturated heterocycles. The molecule has 2 aromatic rings. The summed E-state index contributed by atoms with van der Waals surface area (Å²) in [6, 6.07) is 6.03. The number of hydrogen-bond acceptors (Lipinski definition) is 7. The number of amides is 1. The molecule has 0 radical (unpaired) electrons. The molecule has 1 amide bonds. The highest BCUT2D eigenvalue weighted by Gasteiger charge is 2.29. The van der Waals surface area contributed by atoms with Crippen LogP contribution in [-0.4, -0.2) is 33.7 Å². The average molecular weight is 352 g/mol. The van der Waals surface area contributed by atoms with Crippen molar-refractivity contribution < 1.29 is 14.0 Å². The summed E-state index contributed by atoms with van der Waals surface area (Å²) in [6.45, 7) is 2.02. The fourth-order valence-corrected chi connectivity index (χ4v) is 3.64. The van der Waals surface area contributed by atoms with Gasteiger partial charge in [-0.15, -0.1) is 10.2 Å². The van der Waals surface area contributed by atoms with Crippen molar-refractivity contribution in [2.45, 2.75) is 23.8 Å². The van der Waals surface area contributed by atoms with E-state index in [9.17, 15) is 9.18 Å². The Morgan fingerprint density at radius 1 is 1.52 bits per heavy atom. The van der Waals surface area contributed by atoms with E-state index in [-0.39, 0.29) is 18.1 Å². The van der Waals surface area contributed by atoms with Crippen LogP contribution in [0.2, 0.25) is 0 Å². The Balaban J connectivity index is 1.60. The first-order valence-corrected chi connectivity index (χ1v) is 8.71. The minimum atomic E-state index is -0.751. The molecule has 0 fully saturated rings. The Hall–Kier alpha value is -2.00. The van der Waals surface area contributed by atoms with Gasteiger partial charge >= 0.3 is 0 Å². The Bertz CT molecular complexity index is 750. The fourth-order valence-electron chi connectivity index (χ4n) is 1.98. The van der Waals surface area contributed by atoms with Gasteiger partial charge in [-0.1, -0.05) is 47.3 Å². The number of anilines is 1. The average Bonchev–Trinajstić information content (AvgIpc) is 3.17. The molecule has 0 saturated carbocycles. The van der Waals surface area contributed by atoms with E-state index >= 15 is 0 Å². The van der Waals surface area contributed by atoms with Crippen molar-refractivity contribution in [3.05, 3.63) is 35.6 Å². The first-order valence-electron chi connectivity index (χ1n) is 6.91. The molecule has 23 heavy (non-hydrogen) atoms. The smallest absolute Gasteiger partial charge is 0.270 e. The molecule has 120 valence electrons. The predicted molar refractivity (Wildman–Crippen MR) is 87.4 cm³/mol. The Morgan fingerprint density at radius 3 is 3.17 bits per heavy atom. The molecular weight excluding hydrogens is 339 g/mol. The number of halogens is 1. The number of carbonyl (C=O) groups excluding carboxylic acids is 1. The summed E-state index contributed by atoms with van der Waals surface area (Å²) in [7, 11) is 0. The van der Waals surface area contributed by atoms with Gasteiger partial charge in [0.15, 0.2) is 4.34 Å². The molecule has 2 heterocycles. The van der Waals surface area contributed by atoms with Crippen LogP contribution in [0.25, 0.3) is 0 Å². The summed E-state index contributed by atoms with van der Waals surface area (Å²) in [5.41, 5.74) is 1.15. The highest BCUT2D eigenvalue weighted by molar-refractivity contribution is 8.01. The van der Waals surface area contributed by atoms with Crippen molar-refractivity contribution in [1.29, 1.82) is 0 Å². The van der Waals surface area contributed by atoms with Crippen LogP contribution in [0, 0.1) is 5.82 Å². The van der Waals surface area contributed by atoms with Crippen LogP contribution in [0.5, 0.6) is 0 Å². The Labute approximate surface area is 140 Å². The zero-order valence-corrected chi connectivity index (χ0v) is 13.8. The molecule has 9 heteroatoms. The summed E-state index contributed by atoms with van der Waals surface area (Å²) < 4.78 is 14.0. The third-order valence-electron chi connectivity index (χ3n) is 3.02. The lowest BCUT2D eigenvalue weighted by atomic mass is 10.0. The Morgan fingerprint density at radius 2 is 2.39 bits per heavy atom. The molecule has 0 spiro atoms. The number of hydrogen-bond donors (Lipinski definition) is 1. The number of thioether (sulfide) groups is 1. The van der Waals surface area contributed by atoms with Crippen LogP contribution in [0.3, 0.4) is 0 Å². The van der Waals surface area contributed by atoms with Crippen molar-refractivity contribution in [2.75, 3.05) is 11.1 Å². The van der Waals surface area contributed by atoms with E-state index in [1.807, 2.05) is 6.92 Å². The van der Waals surface area contributed by atoms with Crippen LogP contribution in [0.4, 0.5) is 9.52 Å². The highest BCUT2D eigenvalue weighted by atomic mass is 32.2. The lowest BCUT2D eigenvalue weighted by Crippen LogP contribution is -2.28. The second-order valence-corrected chi connectivity index (χ2v) is 7.13. The Kier molecular flexibility index (Phi) is 4.87. The maximum absolute atomic E-state index is 13.2. The zero-order valence-electron chi connectivity index (χ0n) is 12.2. The van der Waals surface area contributed by atoms with Crippen LogP contribution in [-0.2, 0) is 9.63 Å². The molecule has 1 aliphatic heterocycles. The molecule has 1 aromatic heterocycles. The van der Waals surface area contributed by atoms with Crippen LogP contribution >= 0.6 is 23.1 Å². The van der Waals surface area contributed by atoms with E-state index in [4.69, 9.17) is 4.84 Å². The number of nitrogens with zero attached hydrogens (tertiary/aromatic N) is 3. The number of oxime groups is 1. The quantitative estimate of drug-likeness (QED) is 0.661. The fraction of sp³-hybridized carbons (Fsp3) is 0.286. The van der Waals surface area contributed by atoms with Crippen LogP contribution < -0.4 is 5.32 Å². The van der Waals surface area contributed by atoms with E-state index < -0.39 is 6.10 Å². The van der Waals surface area contributed by atoms with Gasteiger partial charge in [0.1, 0.15) is 5.82 Å². The molecule has 0 bridgehead atoms. The summed E-state index contributed by atoms with van der Waals surface area (Å²) in [5.74, 6) is 0.191. The van der Waals surface area contributed by atoms with Gasteiger partial charge in [0.25, 0.3) is 5.91 Å². The molecule has 6 nitrogen and oxygen atoms in total. The van der Waals surface area contributed by atoms with Crippen molar-refractivity contribution in [1.82, 2.24) is 10.2 Å². The number of rotatable bonds is 5. The van der Waals surface area contributed by atoms with E-state index in [2.05, 4.69) is 20.7 Å². The number of aromatic nitrogens is 2. The molecule has 1 atom stereocenters. The van der Waals surface area contributed by atoms with Gasteiger partial charge in [-0.05, 0) is 17.9 Å². The molecule has 1 N–H and O–H groups in total. The van der Waals surface area contributed by atoms with E-state index in [1.165, 1.54) is 23.5 Å². The SMILES string of the molecule is CCSc1nnc(NC(=O)[C@H]2CC(c3cccc(F)c3)=NO2)s1. The molecular formula is C14H13FN4O2S2. The molecule has 0 aliphatic carbocycles. The summed E-state index contributed by atoms with van der Waals surface area (Å²) in [5, 5.41) is 14.8. The van der Waals surface area contributed by atoms with Crippen molar-refractivity contribution in [3.63, 3.8) is 0 Å². The van der Waals surface area contributed by atoms with Gasteiger partial charge in [-0.2, -0.15) is 0 Å². The normalized spacial score (nSPS) is 16.8. The van der Waals surface area contributed by atoms with Gasteiger partial charge in [-0.25, -0.2) is 4.39 Å². The summed E-state index contributed by atoms with van der Waals surface area (Å²) in [6.07, 6.45) is -0.468. The second kappa shape index (κ2) is 7.05. The maximum Gasteiger partial charge on any atom is 0.270 e. The number of carbonyl (C=O) groups is 1. The molecule has 0 unspecified atom stereocenters. The number of benzene rings is 1. The first kappa shape index (κ1) is 15.9. The van der Waals surface area contributed by atoms with Crippen LogP contribution in [0.1, 0.15) is 18.9 Å². The lowest BCUT2D eigenvalue weighted by molar-refractivity contribution is -0.125. The minimum Gasteiger partial charge on any atom is -0.382 e. The van der Waals surface area contributed by atoms with Crippen molar-refractivity contribution in [2.24, 2.45) is 5.16 Å². The topological polar surface area (TPSA) is 76.5 Å². The van der Waals surface area contributed by atoms with Gasteiger partial charge in [-0.3, -0.25) is 10.1 Å². The van der Waals surface area contributed by atoms with Crippen molar-refractivity contribution >= 4 is 39.8 Å². The molecule has 3 rings (SSSR count). The van der Waals surface area contributed by atoms with Crippen LogP contribution in [0.15, 0.2) is 33.8 Å². The van der Waals surface area contributed by atoms with E-state index in [1.54, 1.807) is 23.9 Å². The number of nitrogens with one attached hydrogen (secondary N) is 1. The summed E-state index contributed by atoms with van der Waals surface area (Å²) >= 11 is 2.87. The lowest BCUT2D eigenvalue weighted by Gasteiger charge is -2.06. The molecule has 1 aromatic carbocycles. The van der Waals surface area contributed by atoms with Gasteiger partial charge in [0, 0.05) is 12.0 Å². The van der Waals surface area contributed by atoms with Gasteiger partial charge in [0.2, 0.25) is 11.2 Å². The predicted octanol–water partition coefficient (Wildman–Crippen LogP) is 2.92. The van der Waals surface area contributed by atoms with Gasteiger partial charge in [0.05, 0.1) is 5.71 Å². The summed E-state index contributed by atoms with van der Waals surface area (Å²) in [4.78, 5) is 17.3. The first-order chi connectivity index (χ1) is 11.2. The molecule has 1 aliphatic rings. The standard InChI is InChI=1S/C14H13FN4O2S2/c1-2-22-14-18-17-13(23-14)16-12(20)11-7-10(19-21-11)8-4-3-5-9(15)6-8/h3-6,11H,2,7H2,1H3,(H,16,17,20)/t11-/m1/s1. The largest absolute Gasteiger partial charge is 0.382 e. The van der Waals surface area contributed by atoms with Gasteiger partial charge < -0.3 is 4.84 Å². The third-order valence-corrected chi connectivity index (χ3v) is 4.88. The van der Waals surface area contributed by atoms with Crippen molar-refractivity contribution in [3.8, 4) is 0 Å².